The Balaban J connectivity index is 2.13. The number of ether oxygens (including phenoxy) is 3. The molecule has 2 rings (SSSR count). The topological polar surface area (TPSA) is 103 Å². The van der Waals surface area contributed by atoms with Crippen molar-refractivity contribution in [2.24, 2.45) is 0 Å². The molecule has 0 radical (unpaired) electrons. The van der Waals surface area contributed by atoms with Gasteiger partial charge in [-0.2, -0.15) is 0 Å². The van der Waals surface area contributed by atoms with Crippen LogP contribution in [0.1, 0.15) is 13.3 Å². The highest BCUT2D eigenvalue weighted by molar-refractivity contribution is 7.91. The van der Waals surface area contributed by atoms with Gasteiger partial charge in [-0.15, -0.1) is 0 Å². The van der Waals surface area contributed by atoms with E-state index < -0.39 is 9.84 Å². The number of amides is 1. The van der Waals surface area contributed by atoms with E-state index in [0.717, 1.165) is 0 Å². The third-order valence-electron chi connectivity index (χ3n) is 4.27. The molecule has 30 heavy (non-hydrogen) atoms. The van der Waals surface area contributed by atoms with E-state index in [9.17, 15) is 13.2 Å². The predicted octanol–water partition coefficient (Wildman–Crippen LogP) is 2.49. The van der Waals surface area contributed by atoms with Gasteiger partial charge in [0.1, 0.15) is 0 Å². The molecule has 2 N–H and O–H groups in total. The van der Waals surface area contributed by atoms with Gasteiger partial charge in [0.15, 0.2) is 11.5 Å². The number of nitrogens with one attached hydrogen (secondary N) is 2. The lowest BCUT2D eigenvalue weighted by atomic mass is 10.3. The lowest BCUT2D eigenvalue weighted by Crippen LogP contribution is -2.31. The van der Waals surface area contributed by atoms with E-state index >= 15 is 0 Å². The zero-order valence-electron chi connectivity index (χ0n) is 17.4. The molecule has 2 aromatic rings. The van der Waals surface area contributed by atoms with Crippen molar-refractivity contribution in [3.8, 4) is 11.5 Å². The van der Waals surface area contributed by atoms with Crippen molar-refractivity contribution in [1.82, 2.24) is 5.32 Å². The molecule has 0 aromatic heterocycles. The minimum Gasteiger partial charge on any atom is -0.493 e. The van der Waals surface area contributed by atoms with Crippen molar-refractivity contribution in [3.63, 3.8) is 0 Å². The van der Waals surface area contributed by atoms with Gasteiger partial charge in [-0.05, 0) is 37.6 Å². The van der Waals surface area contributed by atoms with E-state index in [1.54, 1.807) is 18.2 Å². The summed E-state index contributed by atoms with van der Waals surface area (Å²) in [6.45, 7) is 3.58. The summed E-state index contributed by atoms with van der Waals surface area (Å²) in [5.41, 5.74) is 0.344. The molecule has 0 bridgehead atoms. The molecule has 0 aliphatic carbocycles. The van der Waals surface area contributed by atoms with Crippen LogP contribution < -0.4 is 20.1 Å². The Morgan fingerprint density at radius 3 is 2.47 bits per heavy atom. The van der Waals surface area contributed by atoms with Crippen molar-refractivity contribution in [3.05, 3.63) is 42.5 Å². The first-order chi connectivity index (χ1) is 14.4. The molecule has 2 aromatic carbocycles. The highest BCUT2D eigenvalue weighted by atomic mass is 32.2. The van der Waals surface area contributed by atoms with Crippen molar-refractivity contribution in [2.45, 2.75) is 23.1 Å². The second kappa shape index (κ2) is 11.4. The van der Waals surface area contributed by atoms with Crippen LogP contribution in [0.15, 0.2) is 52.3 Å². The number of hydrogen-bond donors (Lipinski definition) is 2. The normalized spacial score (nSPS) is 11.0. The van der Waals surface area contributed by atoms with Crippen LogP contribution in [0.3, 0.4) is 0 Å². The van der Waals surface area contributed by atoms with E-state index in [2.05, 4.69) is 10.6 Å². The number of carbonyl (C=O) groups excluding carboxylic acids is 1. The number of para-hydroxylation sites is 1. The summed E-state index contributed by atoms with van der Waals surface area (Å²) in [6, 6.07) is 10.9. The average Bonchev–Trinajstić information content (AvgIpc) is 2.77. The number of anilines is 1. The lowest BCUT2D eigenvalue weighted by Gasteiger charge is -2.14. The van der Waals surface area contributed by atoms with Gasteiger partial charge >= 0.3 is 0 Å². The van der Waals surface area contributed by atoms with E-state index in [0.29, 0.717) is 43.4 Å². The molecule has 0 aliphatic heterocycles. The maximum absolute atomic E-state index is 13.2. The molecule has 0 unspecified atom stereocenters. The molecule has 0 heterocycles. The number of rotatable bonds is 12. The number of benzene rings is 2. The molecule has 1 amide bonds. The predicted molar refractivity (Wildman–Crippen MR) is 114 cm³/mol. The molecule has 164 valence electrons. The number of methoxy groups -OCH3 is 2. The van der Waals surface area contributed by atoms with Gasteiger partial charge < -0.3 is 24.8 Å². The van der Waals surface area contributed by atoms with Crippen molar-refractivity contribution < 1.29 is 27.4 Å². The first kappa shape index (κ1) is 23.5. The van der Waals surface area contributed by atoms with E-state index in [1.807, 2.05) is 6.92 Å². The van der Waals surface area contributed by atoms with Crippen LogP contribution in [-0.2, 0) is 19.4 Å². The third kappa shape index (κ3) is 6.11. The smallest absolute Gasteiger partial charge is 0.239 e. The van der Waals surface area contributed by atoms with Crippen LogP contribution in [-0.4, -0.2) is 54.8 Å². The molecule has 9 heteroatoms. The molecule has 8 nitrogen and oxygen atoms in total. The standard InChI is InChI=1S/C21H28N2O6S/c1-4-29-13-7-12-22-21(24)15-23-17-8-5-6-9-20(17)30(25,26)16-10-11-18(27-2)19(14-16)28-3/h5-6,8-11,14,23H,4,7,12-13,15H2,1-3H3,(H,22,24). The molecular formula is C21H28N2O6S. The maximum Gasteiger partial charge on any atom is 0.239 e. The summed E-state index contributed by atoms with van der Waals surface area (Å²) in [5.74, 6) is 0.518. The average molecular weight is 437 g/mol. The number of carbonyl (C=O) groups is 1. The molecule has 0 atom stereocenters. The molecule has 0 aliphatic rings. The highest BCUT2D eigenvalue weighted by Crippen LogP contribution is 2.33. The lowest BCUT2D eigenvalue weighted by molar-refractivity contribution is -0.119. The van der Waals surface area contributed by atoms with E-state index in [1.165, 1.54) is 38.5 Å². The molecule has 0 fully saturated rings. The van der Waals surface area contributed by atoms with Crippen molar-refractivity contribution in [1.29, 1.82) is 0 Å². The number of sulfone groups is 1. The minimum absolute atomic E-state index is 0.0485. The molecular weight excluding hydrogens is 408 g/mol. The van der Waals surface area contributed by atoms with Gasteiger partial charge in [-0.3, -0.25) is 4.79 Å². The summed E-state index contributed by atoms with van der Waals surface area (Å²) in [4.78, 5) is 12.2. The summed E-state index contributed by atoms with van der Waals surface area (Å²) >= 11 is 0. The SMILES string of the molecule is CCOCCCNC(=O)CNc1ccccc1S(=O)(=O)c1ccc(OC)c(OC)c1. The fourth-order valence-corrected chi connectivity index (χ4v) is 4.19. The van der Waals surface area contributed by atoms with Crippen molar-refractivity contribution >= 4 is 21.4 Å². The third-order valence-corrected chi connectivity index (χ3v) is 6.08. The summed E-state index contributed by atoms with van der Waals surface area (Å²) < 4.78 is 42.0. The Bertz CT molecular complexity index is 946. The fourth-order valence-electron chi connectivity index (χ4n) is 2.74. The summed E-state index contributed by atoms with van der Waals surface area (Å²) in [6.07, 6.45) is 0.712. The van der Waals surface area contributed by atoms with Gasteiger partial charge in [0.25, 0.3) is 0 Å². The van der Waals surface area contributed by atoms with Crippen LogP contribution >= 0.6 is 0 Å². The first-order valence-corrected chi connectivity index (χ1v) is 11.1. The van der Waals surface area contributed by atoms with E-state index in [4.69, 9.17) is 14.2 Å². The van der Waals surface area contributed by atoms with Crippen LogP contribution in [0.2, 0.25) is 0 Å². The fraction of sp³-hybridized carbons (Fsp3) is 0.381. The zero-order valence-corrected chi connectivity index (χ0v) is 18.3. The Hall–Kier alpha value is -2.78. The Labute approximate surface area is 177 Å². The maximum atomic E-state index is 13.2. The first-order valence-electron chi connectivity index (χ1n) is 9.58. The highest BCUT2D eigenvalue weighted by Gasteiger charge is 2.23. The molecule has 0 saturated heterocycles. The Morgan fingerprint density at radius 2 is 1.77 bits per heavy atom. The van der Waals surface area contributed by atoms with Gasteiger partial charge in [0.05, 0.1) is 36.2 Å². The van der Waals surface area contributed by atoms with Crippen LogP contribution in [0.25, 0.3) is 0 Å². The van der Waals surface area contributed by atoms with Gasteiger partial charge in [-0.25, -0.2) is 8.42 Å². The van der Waals surface area contributed by atoms with Gasteiger partial charge in [0.2, 0.25) is 15.7 Å². The molecule has 0 saturated carbocycles. The second-order valence-electron chi connectivity index (χ2n) is 6.27. The van der Waals surface area contributed by atoms with Crippen molar-refractivity contribution in [2.75, 3.05) is 45.8 Å². The van der Waals surface area contributed by atoms with Crippen LogP contribution in [0.5, 0.6) is 11.5 Å². The van der Waals surface area contributed by atoms with Crippen LogP contribution in [0, 0.1) is 0 Å². The van der Waals surface area contributed by atoms with Gasteiger partial charge in [-0.1, -0.05) is 12.1 Å². The largest absolute Gasteiger partial charge is 0.493 e. The second-order valence-corrected chi connectivity index (χ2v) is 8.19. The van der Waals surface area contributed by atoms with E-state index in [-0.39, 0.29) is 22.2 Å². The number of hydrogen-bond acceptors (Lipinski definition) is 7. The Morgan fingerprint density at radius 1 is 1.03 bits per heavy atom. The molecule has 0 spiro atoms. The quantitative estimate of drug-likeness (QED) is 0.493. The Kier molecular flexibility index (Phi) is 8.94. The summed E-state index contributed by atoms with van der Waals surface area (Å²) in [7, 11) is -0.928. The zero-order chi connectivity index (χ0) is 22.0. The monoisotopic (exact) mass is 436 g/mol. The van der Waals surface area contributed by atoms with Gasteiger partial charge in [0, 0.05) is 25.8 Å². The minimum atomic E-state index is -3.85. The van der Waals surface area contributed by atoms with Crippen LogP contribution in [0.4, 0.5) is 5.69 Å². The summed E-state index contributed by atoms with van der Waals surface area (Å²) in [5, 5.41) is 5.68.